The molecule has 1 amide bonds. The van der Waals surface area contributed by atoms with Crippen molar-refractivity contribution in [2.45, 2.75) is 6.18 Å². The molecule has 0 heterocycles. The number of alkyl halides is 3. The van der Waals surface area contributed by atoms with Crippen LogP contribution >= 0.6 is 0 Å². The monoisotopic (exact) mass is 153 g/mol. The van der Waals surface area contributed by atoms with Crippen LogP contribution in [-0.2, 0) is 4.79 Å². The van der Waals surface area contributed by atoms with Gasteiger partial charge in [0.1, 0.15) is 0 Å². The predicted octanol–water partition coefficient (Wildman–Crippen LogP) is -0.295. The fraction of sp³-hybridized carbons (Fsp3) is 0.333. The summed E-state index contributed by atoms with van der Waals surface area (Å²) < 4.78 is 34.1. The maximum atomic E-state index is 11.4. The quantitative estimate of drug-likeness (QED) is 0.313. The molecule has 0 aromatic rings. The zero-order valence-corrected chi connectivity index (χ0v) is 4.51. The molecule has 0 aliphatic carbocycles. The molecule has 10 heavy (non-hydrogen) atoms. The van der Waals surface area contributed by atoms with E-state index in [-0.39, 0.29) is 0 Å². The number of amides is 1. The van der Waals surface area contributed by atoms with Gasteiger partial charge in [0, 0.05) is 0 Å². The summed E-state index contributed by atoms with van der Waals surface area (Å²) in [5.74, 6) is -1.81. The normalized spacial score (nSPS) is 10.3. The fourth-order valence-corrected chi connectivity index (χ4v) is 0.246. The maximum absolute atomic E-state index is 11.4. The minimum atomic E-state index is -4.99. The van der Waals surface area contributed by atoms with Gasteiger partial charge in [-0.15, -0.1) is 0 Å². The van der Waals surface area contributed by atoms with Crippen LogP contribution in [0.2, 0.25) is 0 Å². The van der Waals surface area contributed by atoms with E-state index >= 15 is 0 Å². The second-order valence-corrected chi connectivity index (χ2v) is 1.31. The summed E-state index contributed by atoms with van der Waals surface area (Å²) in [6, 6.07) is 0. The third kappa shape index (κ3) is 1.87. The number of hydrogen-bond donors (Lipinski definition) is 1. The first-order valence-corrected chi connectivity index (χ1v) is 1.98. The van der Waals surface area contributed by atoms with Crippen molar-refractivity contribution in [3.63, 3.8) is 0 Å². The van der Waals surface area contributed by atoms with E-state index in [1.807, 2.05) is 0 Å². The molecular formula is C3H2F3N3O. The summed E-state index contributed by atoms with van der Waals surface area (Å²) in [5.41, 5.74) is 9.78. The van der Waals surface area contributed by atoms with Crippen molar-refractivity contribution in [1.29, 1.82) is 0 Å². The maximum Gasteiger partial charge on any atom is 0.501 e. The van der Waals surface area contributed by atoms with Crippen LogP contribution in [0.3, 0.4) is 0 Å². The second-order valence-electron chi connectivity index (χ2n) is 1.31. The number of nitrogens with zero attached hydrogens (tertiary/aromatic N) is 2. The number of rotatable bonds is 1. The van der Waals surface area contributed by atoms with Gasteiger partial charge in [-0.2, -0.15) is 18.0 Å². The Morgan fingerprint density at radius 2 is 1.90 bits per heavy atom. The second kappa shape index (κ2) is 2.49. The van der Waals surface area contributed by atoms with E-state index < -0.39 is 17.8 Å². The number of carbonyl (C=O) groups is 1. The molecule has 0 atom stereocenters. The molecule has 56 valence electrons. The van der Waals surface area contributed by atoms with Crippen molar-refractivity contribution in [3.05, 3.63) is 5.53 Å². The van der Waals surface area contributed by atoms with Crippen LogP contribution in [0.5, 0.6) is 0 Å². The van der Waals surface area contributed by atoms with Crippen molar-refractivity contribution < 1.29 is 22.8 Å². The van der Waals surface area contributed by atoms with Crippen molar-refractivity contribution in [1.82, 2.24) is 0 Å². The molecule has 0 spiro atoms. The molecule has 2 N–H and O–H groups in total. The van der Waals surface area contributed by atoms with Gasteiger partial charge < -0.3 is 11.3 Å². The molecule has 0 saturated heterocycles. The zero-order chi connectivity index (χ0) is 8.36. The van der Waals surface area contributed by atoms with E-state index in [2.05, 4.69) is 5.73 Å². The van der Waals surface area contributed by atoms with Crippen molar-refractivity contribution in [2.24, 2.45) is 5.73 Å². The Hall–Kier alpha value is -1.36. The number of carbonyl (C=O) groups excluding carboxylic acids is 1. The van der Waals surface area contributed by atoms with Crippen molar-refractivity contribution in [2.75, 3.05) is 0 Å². The molecule has 0 unspecified atom stereocenters. The molecule has 0 aliphatic heterocycles. The van der Waals surface area contributed by atoms with Crippen molar-refractivity contribution >= 4 is 11.6 Å². The summed E-state index contributed by atoms with van der Waals surface area (Å²) >= 11 is 0. The van der Waals surface area contributed by atoms with E-state index in [4.69, 9.17) is 5.53 Å². The molecule has 0 saturated carbocycles. The average molecular weight is 153 g/mol. The van der Waals surface area contributed by atoms with Gasteiger partial charge in [-0.25, -0.2) is 0 Å². The van der Waals surface area contributed by atoms with Gasteiger partial charge in [-0.3, -0.25) is 4.79 Å². The highest BCUT2D eigenvalue weighted by molar-refractivity contribution is 6.37. The molecule has 0 aliphatic rings. The third-order valence-corrected chi connectivity index (χ3v) is 0.602. The predicted molar refractivity (Wildman–Crippen MR) is 23.9 cm³/mol. The molecule has 0 radical (unpaired) electrons. The number of primary amides is 1. The first kappa shape index (κ1) is 8.64. The van der Waals surface area contributed by atoms with Crippen LogP contribution in [0.15, 0.2) is 0 Å². The number of halogens is 3. The highest BCUT2D eigenvalue weighted by Crippen LogP contribution is 2.14. The van der Waals surface area contributed by atoms with E-state index in [0.29, 0.717) is 0 Å². The summed E-state index contributed by atoms with van der Waals surface area (Å²) in [6.07, 6.45) is -4.99. The van der Waals surface area contributed by atoms with Crippen LogP contribution in [-0.4, -0.2) is 22.6 Å². The Kier molecular flexibility index (Phi) is 2.15. The molecular weight excluding hydrogens is 151 g/mol. The summed E-state index contributed by atoms with van der Waals surface area (Å²) in [5, 5.41) is 0. The van der Waals surface area contributed by atoms with Crippen LogP contribution < -0.4 is 5.73 Å². The van der Waals surface area contributed by atoms with Gasteiger partial charge in [0.25, 0.3) is 0 Å². The Bertz CT molecular complexity index is 202. The molecule has 0 aromatic carbocycles. The van der Waals surface area contributed by atoms with E-state index in [9.17, 15) is 18.0 Å². The summed E-state index contributed by atoms with van der Waals surface area (Å²) in [7, 11) is 0. The molecule has 0 rings (SSSR count). The third-order valence-electron chi connectivity index (χ3n) is 0.602. The van der Waals surface area contributed by atoms with Crippen LogP contribution in [0.4, 0.5) is 13.2 Å². The van der Waals surface area contributed by atoms with Crippen LogP contribution in [0, 0.1) is 0 Å². The SMILES string of the molecule is [N-]=[N+]=C(C(N)=O)C(F)(F)F. The van der Waals surface area contributed by atoms with Gasteiger partial charge in [-0.05, 0) is 0 Å². The van der Waals surface area contributed by atoms with Gasteiger partial charge >= 0.3 is 17.8 Å². The van der Waals surface area contributed by atoms with Gasteiger partial charge in [-0.1, -0.05) is 0 Å². The molecule has 0 fully saturated rings. The Morgan fingerprint density at radius 3 is 1.90 bits per heavy atom. The highest BCUT2D eigenvalue weighted by Gasteiger charge is 2.48. The first-order chi connectivity index (χ1) is 4.39. The lowest BCUT2D eigenvalue weighted by Gasteiger charge is -1.94. The van der Waals surface area contributed by atoms with Gasteiger partial charge in [0.2, 0.25) is 0 Å². The van der Waals surface area contributed by atoms with Gasteiger partial charge in [0.15, 0.2) is 0 Å². The smallest absolute Gasteiger partial charge is 0.361 e. The largest absolute Gasteiger partial charge is 0.501 e. The van der Waals surface area contributed by atoms with E-state index in [1.54, 1.807) is 4.79 Å². The molecule has 0 bridgehead atoms. The fourth-order valence-electron chi connectivity index (χ4n) is 0.246. The highest BCUT2D eigenvalue weighted by atomic mass is 19.4. The van der Waals surface area contributed by atoms with Crippen LogP contribution in [0.25, 0.3) is 5.53 Å². The van der Waals surface area contributed by atoms with E-state index in [0.717, 1.165) is 0 Å². The van der Waals surface area contributed by atoms with Gasteiger partial charge in [0.05, 0.1) is 0 Å². The lowest BCUT2D eigenvalue weighted by atomic mass is 10.3. The molecule has 7 heteroatoms. The molecule has 4 nitrogen and oxygen atoms in total. The standard InChI is InChI=1S/C3H2F3N3O/c4-3(5,6)1(9-8)2(7)10/h(H2,7,10). The lowest BCUT2D eigenvalue weighted by molar-refractivity contribution is -0.135. The minimum Gasteiger partial charge on any atom is -0.361 e. The lowest BCUT2D eigenvalue weighted by Crippen LogP contribution is -2.36. The summed E-state index contributed by atoms with van der Waals surface area (Å²) in [6.45, 7) is 0. The van der Waals surface area contributed by atoms with E-state index in [1.165, 1.54) is 0 Å². The molecule has 0 aromatic heterocycles. The Morgan fingerprint density at radius 1 is 1.50 bits per heavy atom. The Balaban J connectivity index is 4.74. The summed E-state index contributed by atoms with van der Waals surface area (Å²) in [4.78, 5) is 11.5. The topological polar surface area (TPSA) is 79.5 Å². The van der Waals surface area contributed by atoms with Crippen molar-refractivity contribution in [3.8, 4) is 0 Å². The van der Waals surface area contributed by atoms with Crippen LogP contribution in [0.1, 0.15) is 0 Å². The Labute approximate surface area is 53.0 Å². The number of nitrogens with two attached hydrogens (primary N) is 1. The minimum absolute atomic E-state index is 1.68. The zero-order valence-electron chi connectivity index (χ0n) is 4.51. The number of hydrogen-bond acceptors (Lipinski definition) is 1. The first-order valence-electron chi connectivity index (χ1n) is 1.98. The average Bonchev–Trinajstić information content (AvgIpc) is 1.60.